The van der Waals surface area contributed by atoms with Gasteiger partial charge in [0.15, 0.2) is 0 Å². The molecule has 0 unspecified atom stereocenters. The second-order valence-corrected chi connectivity index (χ2v) is 7.23. The van der Waals surface area contributed by atoms with Gasteiger partial charge in [-0.05, 0) is 30.2 Å². The monoisotopic (exact) mass is 353 g/mol. The lowest BCUT2D eigenvalue weighted by Gasteiger charge is -2.25. The number of methoxy groups -OCH3 is 1. The molecule has 0 saturated heterocycles. The Balaban J connectivity index is 1.50. The smallest absolute Gasteiger partial charge is 0.225 e. The van der Waals surface area contributed by atoms with Crippen LogP contribution in [-0.4, -0.2) is 18.8 Å². The maximum absolute atomic E-state index is 12.6. The molecule has 1 aromatic heterocycles. The van der Waals surface area contributed by atoms with E-state index in [-0.39, 0.29) is 11.9 Å². The summed E-state index contributed by atoms with van der Waals surface area (Å²) >= 11 is 1.85. The molecular weight excluding hydrogens is 334 g/mol. The quantitative estimate of drug-likeness (QED) is 0.758. The summed E-state index contributed by atoms with van der Waals surface area (Å²) < 4.78 is 10.8. The zero-order valence-electron chi connectivity index (χ0n) is 14.0. The zero-order valence-corrected chi connectivity index (χ0v) is 14.8. The second kappa shape index (κ2) is 6.84. The Bertz CT molecular complexity index is 918. The SMILES string of the molecule is COc1ccc2c(CC(=O)N[C@@H]3CCSc4ccccc43)coc2c1. The van der Waals surface area contributed by atoms with Crippen LogP contribution in [0.25, 0.3) is 11.0 Å². The van der Waals surface area contributed by atoms with Gasteiger partial charge in [0, 0.05) is 27.7 Å². The van der Waals surface area contributed by atoms with Crippen LogP contribution in [-0.2, 0) is 11.2 Å². The fraction of sp³-hybridized carbons (Fsp3) is 0.250. The fourth-order valence-electron chi connectivity index (χ4n) is 3.24. The third kappa shape index (κ3) is 3.24. The fourth-order valence-corrected chi connectivity index (χ4v) is 4.36. The number of thioether (sulfide) groups is 1. The summed E-state index contributed by atoms with van der Waals surface area (Å²) in [5.74, 6) is 1.79. The average molecular weight is 353 g/mol. The molecule has 1 atom stereocenters. The predicted molar refractivity (Wildman–Crippen MR) is 99.1 cm³/mol. The van der Waals surface area contributed by atoms with Gasteiger partial charge in [-0.1, -0.05) is 18.2 Å². The molecule has 5 heteroatoms. The zero-order chi connectivity index (χ0) is 17.2. The number of fused-ring (bicyclic) bond motifs is 2. The van der Waals surface area contributed by atoms with E-state index in [9.17, 15) is 4.79 Å². The molecule has 4 nitrogen and oxygen atoms in total. The van der Waals surface area contributed by atoms with Crippen molar-refractivity contribution in [3.8, 4) is 5.75 Å². The predicted octanol–water partition coefficient (Wildman–Crippen LogP) is 4.34. The van der Waals surface area contributed by atoms with Gasteiger partial charge >= 0.3 is 0 Å². The van der Waals surface area contributed by atoms with Crippen LogP contribution in [0.3, 0.4) is 0 Å². The minimum absolute atomic E-state index is 0.0187. The lowest BCUT2D eigenvalue weighted by Crippen LogP contribution is -2.31. The molecule has 128 valence electrons. The highest BCUT2D eigenvalue weighted by atomic mass is 32.2. The lowest BCUT2D eigenvalue weighted by molar-refractivity contribution is -0.121. The van der Waals surface area contributed by atoms with Crippen LogP contribution in [0.5, 0.6) is 5.75 Å². The van der Waals surface area contributed by atoms with Crippen LogP contribution in [0.4, 0.5) is 0 Å². The summed E-state index contributed by atoms with van der Waals surface area (Å²) in [6.07, 6.45) is 2.93. The molecule has 1 N–H and O–H groups in total. The molecule has 0 radical (unpaired) electrons. The first-order valence-electron chi connectivity index (χ1n) is 8.30. The molecule has 0 aliphatic carbocycles. The summed E-state index contributed by atoms with van der Waals surface area (Å²) in [6, 6.07) is 14.0. The van der Waals surface area contributed by atoms with E-state index in [0.717, 1.165) is 34.5 Å². The molecule has 2 aromatic carbocycles. The number of benzene rings is 2. The summed E-state index contributed by atoms with van der Waals surface area (Å²) in [7, 11) is 1.62. The molecule has 0 bridgehead atoms. The third-order valence-corrected chi connectivity index (χ3v) is 5.63. The van der Waals surface area contributed by atoms with Gasteiger partial charge in [0.2, 0.25) is 5.91 Å². The number of carbonyl (C=O) groups is 1. The molecule has 4 rings (SSSR count). The van der Waals surface area contributed by atoms with Crippen LogP contribution in [0.1, 0.15) is 23.6 Å². The first-order valence-corrected chi connectivity index (χ1v) is 9.28. The third-order valence-electron chi connectivity index (χ3n) is 4.51. The number of rotatable bonds is 4. The van der Waals surface area contributed by atoms with E-state index in [1.54, 1.807) is 13.4 Å². The number of carbonyl (C=O) groups excluding carboxylic acids is 1. The van der Waals surface area contributed by atoms with Crippen molar-refractivity contribution in [1.29, 1.82) is 0 Å². The van der Waals surface area contributed by atoms with Crippen molar-refractivity contribution < 1.29 is 13.9 Å². The largest absolute Gasteiger partial charge is 0.497 e. The van der Waals surface area contributed by atoms with Crippen molar-refractivity contribution >= 4 is 28.6 Å². The summed E-state index contributed by atoms with van der Waals surface area (Å²) in [5, 5.41) is 4.14. The topological polar surface area (TPSA) is 51.5 Å². The molecular formula is C20H19NO3S. The highest BCUT2D eigenvalue weighted by molar-refractivity contribution is 7.99. The lowest BCUT2D eigenvalue weighted by atomic mass is 10.0. The summed E-state index contributed by atoms with van der Waals surface area (Å²) in [6.45, 7) is 0. The van der Waals surface area contributed by atoms with Gasteiger partial charge in [-0.25, -0.2) is 0 Å². The Morgan fingerprint density at radius 1 is 1.32 bits per heavy atom. The van der Waals surface area contributed by atoms with Crippen molar-refractivity contribution in [2.45, 2.75) is 23.8 Å². The number of furan rings is 1. The Kier molecular flexibility index (Phi) is 4.40. The number of hydrogen-bond donors (Lipinski definition) is 1. The van der Waals surface area contributed by atoms with Crippen molar-refractivity contribution in [3.63, 3.8) is 0 Å². The Morgan fingerprint density at radius 3 is 3.08 bits per heavy atom. The molecule has 3 aromatic rings. The first-order chi connectivity index (χ1) is 12.2. The number of amides is 1. The maximum atomic E-state index is 12.6. The van der Waals surface area contributed by atoms with E-state index in [1.807, 2.05) is 42.1 Å². The van der Waals surface area contributed by atoms with E-state index < -0.39 is 0 Å². The second-order valence-electron chi connectivity index (χ2n) is 6.09. The van der Waals surface area contributed by atoms with Crippen molar-refractivity contribution in [2.24, 2.45) is 0 Å². The van der Waals surface area contributed by atoms with E-state index in [2.05, 4.69) is 17.4 Å². The molecule has 1 aliphatic rings. The average Bonchev–Trinajstić information content (AvgIpc) is 3.04. The summed E-state index contributed by atoms with van der Waals surface area (Å²) in [5.41, 5.74) is 2.85. The van der Waals surface area contributed by atoms with Gasteiger partial charge in [0.25, 0.3) is 0 Å². The first kappa shape index (κ1) is 16.1. The van der Waals surface area contributed by atoms with Gasteiger partial charge in [-0.2, -0.15) is 0 Å². The minimum Gasteiger partial charge on any atom is -0.497 e. The number of hydrogen-bond acceptors (Lipinski definition) is 4. The van der Waals surface area contributed by atoms with Crippen molar-refractivity contribution in [2.75, 3.05) is 12.9 Å². The van der Waals surface area contributed by atoms with E-state index in [4.69, 9.17) is 9.15 Å². The Morgan fingerprint density at radius 2 is 2.20 bits per heavy atom. The molecule has 2 heterocycles. The molecule has 0 fully saturated rings. The normalized spacial score (nSPS) is 16.4. The van der Waals surface area contributed by atoms with Crippen LogP contribution in [0.2, 0.25) is 0 Å². The molecule has 1 amide bonds. The maximum Gasteiger partial charge on any atom is 0.225 e. The Labute approximate surface area is 150 Å². The van der Waals surface area contributed by atoms with Crippen LogP contribution >= 0.6 is 11.8 Å². The van der Waals surface area contributed by atoms with E-state index >= 15 is 0 Å². The van der Waals surface area contributed by atoms with Gasteiger partial charge < -0.3 is 14.5 Å². The number of nitrogens with one attached hydrogen (secondary N) is 1. The van der Waals surface area contributed by atoms with Crippen LogP contribution < -0.4 is 10.1 Å². The van der Waals surface area contributed by atoms with E-state index in [0.29, 0.717) is 6.42 Å². The van der Waals surface area contributed by atoms with E-state index in [1.165, 1.54) is 10.5 Å². The van der Waals surface area contributed by atoms with Gasteiger partial charge in [-0.15, -0.1) is 11.8 Å². The van der Waals surface area contributed by atoms with Crippen molar-refractivity contribution in [3.05, 3.63) is 59.9 Å². The Hall–Kier alpha value is -2.40. The number of ether oxygens (including phenoxy) is 1. The molecule has 1 aliphatic heterocycles. The molecule has 0 saturated carbocycles. The van der Waals surface area contributed by atoms with Crippen LogP contribution in [0, 0.1) is 0 Å². The minimum atomic E-state index is 0.0187. The van der Waals surface area contributed by atoms with Crippen LogP contribution in [0.15, 0.2) is 58.0 Å². The van der Waals surface area contributed by atoms with Gasteiger partial charge in [-0.3, -0.25) is 4.79 Å². The van der Waals surface area contributed by atoms with Crippen molar-refractivity contribution in [1.82, 2.24) is 5.32 Å². The summed E-state index contributed by atoms with van der Waals surface area (Å²) in [4.78, 5) is 13.8. The highest BCUT2D eigenvalue weighted by Gasteiger charge is 2.22. The van der Waals surface area contributed by atoms with Gasteiger partial charge in [0.05, 0.1) is 25.8 Å². The van der Waals surface area contributed by atoms with Gasteiger partial charge in [0.1, 0.15) is 11.3 Å². The molecule has 25 heavy (non-hydrogen) atoms. The standard InChI is InChI=1S/C20H19NO3S/c1-23-14-6-7-15-13(12-24-18(15)11-14)10-20(22)21-17-8-9-25-19-5-3-2-4-16(17)19/h2-7,11-12,17H,8-10H2,1H3,(H,21,22)/t17-/m1/s1. The molecule has 0 spiro atoms. The highest BCUT2D eigenvalue weighted by Crippen LogP contribution is 2.36.